The molecule has 2 aromatic carbocycles. The van der Waals surface area contributed by atoms with Crippen molar-refractivity contribution in [2.45, 2.75) is 19.3 Å². The van der Waals surface area contributed by atoms with Gasteiger partial charge in [0.15, 0.2) is 0 Å². The minimum Gasteiger partial charge on any atom is -0.330 e. The average molecular weight is 261 g/mol. The molecule has 0 saturated carbocycles. The Morgan fingerprint density at radius 2 is 1.84 bits per heavy atom. The Kier molecular flexibility index (Phi) is 4.27. The van der Waals surface area contributed by atoms with E-state index in [1.807, 2.05) is 6.92 Å². The van der Waals surface area contributed by atoms with Crippen LogP contribution in [0.5, 0.6) is 0 Å². The first-order chi connectivity index (χ1) is 9.11. The highest BCUT2D eigenvalue weighted by Crippen LogP contribution is 2.24. The molecule has 0 saturated heterocycles. The van der Waals surface area contributed by atoms with Crippen molar-refractivity contribution in [3.63, 3.8) is 0 Å². The summed E-state index contributed by atoms with van der Waals surface area (Å²) in [6.45, 7) is 2.21. The largest absolute Gasteiger partial charge is 0.330 e. The second kappa shape index (κ2) is 5.93. The SMILES string of the molecule is Cc1cc(F)ccc1CC(CN)c1ccccc1F. The molecule has 1 unspecified atom stereocenters. The normalized spacial score (nSPS) is 12.4. The first kappa shape index (κ1) is 13.7. The van der Waals surface area contributed by atoms with E-state index in [1.165, 1.54) is 18.2 Å². The van der Waals surface area contributed by atoms with E-state index in [9.17, 15) is 8.78 Å². The zero-order valence-electron chi connectivity index (χ0n) is 10.9. The van der Waals surface area contributed by atoms with Crippen LogP contribution in [0.2, 0.25) is 0 Å². The molecule has 3 heteroatoms. The van der Waals surface area contributed by atoms with Gasteiger partial charge in [-0.1, -0.05) is 24.3 Å². The van der Waals surface area contributed by atoms with Gasteiger partial charge in [0.05, 0.1) is 0 Å². The fourth-order valence-corrected chi connectivity index (χ4v) is 2.28. The molecule has 2 rings (SSSR count). The van der Waals surface area contributed by atoms with Crippen molar-refractivity contribution in [3.05, 3.63) is 70.8 Å². The molecule has 1 nitrogen and oxygen atoms in total. The van der Waals surface area contributed by atoms with E-state index in [4.69, 9.17) is 5.73 Å². The third-order valence-electron chi connectivity index (χ3n) is 3.40. The van der Waals surface area contributed by atoms with Crippen LogP contribution in [0.25, 0.3) is 0 Å². The number of nitrogens with two attached hydrogens (primary N) is 1. The highest BCUT2D eigenvalue weighted by molar-refractivity contribution is 5.31. The van der Waals surface area contributed by atoms with Crippen LogP contribution < -0.4 is 5.73 Å². The molecule has 0 spiro atoms. The van der Waals surface area contributed by atoms with E-state index in [2.05, 4.69) is 0 Å². The standard InChI is InChI=1S/C16H17F2N/c1-11-8-14(17)7-6-12(11)9-13(10-19)15-4-2-3-5-16(15)18/h2-8,13H,9-10,19H2,1H3. The topological polar surface area (TPSA) is 26.0 Å². The summed E-state index contributed by atoms with van der Waals surface area (Å²) in [4.78, 5) is 0. The van der Waals surface area contributed by atoms with E-state index in [0.717, 1.165) is 11.1 Å². The lowest BCUT2D eigenvalue weighted by molar-refractivity contribution is 0.574. The summed E-state index contributed by atoms with van der Waals surface area (Å²) >= 11 is 0. The molecular weight excluding hydrogens is 244 g/mol. The van der Waals surface area contributed by atoms with Gasteiger partial charge in [0.25, 0.3) is 0 Å². The van der Waals surface area contributed by atoms with Gasteiger partial charge >= 0.3 is 0 Å². The molecule has 19 heavy (non-hydrogen) atoms. The van der Waals surface area contributed by atoms with E-state index >= 15 is 0 Å². The summed E-state index contributed by atoms with van der Waals surface area (Å²) in [5.41, 5.74) is 8.25. The first-order valence-corrected chi connectivity index (χ1v) is 6.31. The summed E-state index contributed by atoms with van der Waals surface area (Å²) in [5.74, 6) is -0.584. The summed E-state index contributed by atoms with van der Waals surface area (Å²) in [6, 6.07) is 11.3. The Balaban J connectivity index is 2.27. The van der Waals surface area contributed by atoms with Crippen molar-refractivity contribution in [2.75, 3.05) is 6.54 Å². The second-order valence-corrected chi connectivity index (χ2v) is 4.73. The number of aryl methyl sites for hydroxylation is 1. The molecule has 0 fully saturated rings. The second-order valence-electron chi connectivity index (χ2n) is 4.73. The number of halogens is 2. The third kappa shape index (κ3) is 3.18. The van der Waals surface area contributed by atoms with E-state index < -0.39 is 0 Å². The monoisotopic (exact) mass is 261 g/mol. The third-order valence-corrected chi connectivity index (χ3v) is 3.40. The van der Waals surface area contributed by atoms with E-state index in [-0.39, 0.29) is 17.6 Å². The minimum absolute atomic E-state index is 0.0923. The number of hydrogen-bond donors (Lipinski definition) is 1. The summed E-state index contributed by atoms with van der Waals surface area (Å²) < 4.78 is 26.8. The quantitative estimate of drug-likeness (QED) is 0.894. The van der Waals surface area contributed by atoms with Crippen LogP contribution in [-0.2, 0) is 6.42 Å². The van der Waals surface area contributed by atoms with Gasteiger partial charge in [-0.15, -0.1) is 0 Å². The predicted octanol–water partition coefficient (Wildman–Crippen LogP) is 3.56. The van der Waals surface area contributed by atoms with Crippen LogP contribution >= 0.6 is 0 Å². The molecule has 0 aliphatic heterocycles. The van der Waals surface area contributed by atoms with Gasteiger partial charge < -0.3 is 5.73 Å². The Labute approximate surface area is 112 Å². The lowest BCUT2D eigenvalue weighted by atomic mass is 9.90. The van der Waals surface area contributed by atoms with Gasteiger partial charge in [0, 0.05) is 5.92 Å². The van der Waals surface area contributed by atoms with Crippen LogP contribution in [0, 0.1) is 18.6 Å². The molecule has 0 radical (unpaired) electrons. The zero-order chi connectivity index (χ0) is 13.8. The Morgan fingerprint density at radius 1 is 1.11 bits per heavy atom. The molecule has 2 aromatic rings. The van der Waals surface area contributed by atoms with Crippen LogP contribution in [0.4, 0.5) is 8.78 Å². The van der Waals surface area contributed by atoms with Crippen LogP contribution in [-0.4, -0.2) is 6.54 Å². The van der Waals surface area contributed by atoms with Crippen molar-refractivity contribution < 1.29 is 8.78 Å². The summed E-state index contributed by atoms with van der Waals surface area (Å²) in [5, 5.41) is 0. The highest BCUT2D eigenvalue weighted by Gasteiger charge is 2.15. The minimum atomic E-state index is -0.253. The van der Waals surface area contributed by atoms with Gasteiger partial charge in [0.1, 0.15) is 11.6 Å². The van der Waals surface area contributed by atoms with Gasteiger partial charge in [-0.3, -0.25) is 0 Å². The van der Waals surface area contributed by atoms with Gasteiger partial charge in [-0.2, -0.15) is 0 Å². The molecule has 2 N–H and O–H groups in total. The Morgan fingerprint density at radius 3 is 2.47 bits per heavy atom. The maximum Gasteiger partial charge on any atom is 0.126 e. The molecule has 0 bridgehead atoms. The number of rotatable bonds is 4. The molecule has 0 aliphatic rings. The average Bonchev–Trinajstić information content (AvgIpc) is 2.39. The molecule has 0 amide bonds. The van der Waals surface area contributed by atoms with Crippen LogP contribution in [0.1, 0.15) is 22.6 Å². The zero-order valence-corrected chi connectivity index (χ0v) is 10.9. The van der Waals surface area contributed by atoms with Gasteiger partial charge in [-0.05, 0) is 54.8 Å². The Hall–Kier alpha value is -1.74. The lowest BCUT2D eigenvalue weighted by Gasteiger charge is -2.17. The summed E-state index contributed by atoms with van der Waals surface area (Å²) in [7, 11) is 0. The molecular formula is C16H17F2N. The number of benzene rings is 2. The van der Waals surface area contributed by atoms with Gasteiger partial charge in [-0.25, -0.2) is 8.78 Å². The smallest absolute Gasteiger partial charge is 0.126 e. The molecule has 100 valence electrons. The molecule has 0 heterocycles. The van der Waals surface area contributed by atoms with Crippen LogP contribution in [0.3, 0.4) is 0 Å². The fourth-order valence-electron chi connectivity index (χ4n) is 2.28. The predicted molar refractivity (Wildman–Crippen MR) is 73.0 cm³/mol. The first-order valence-electron chi connectivity index (χ1n) is 6.31. The lowest BCUT2D eigenvalue weighted by Crippen LogP contribution is -2.16. The van der Waals surface area contributed by atoms with Crippen LogP contribution in [0.15, 0.2) is 42.5 Å². The molecule has 0 aliphatic carbocycles. The maximum absolute atomic E-state index is 13.8. The Bertz CT molecular complexity index is 566. The van der Waals surface area contributed by atoms with Crippen molar-refractivity contribution in [2.24, 2.45) is 5.73 Å². The number of hydrogen-bond acceptors (Lipinski definition) is 1. The van der Waals surface area contributed by atoms with Crippen molar-refractivity contribution in [3.8, 4) is 0 Å². The molecule has 1 atom stereocenters. The van der Waals surface area contributed by atoms with Crippen molar-refractivity contribution in [1.29, 1.82) is 0 Å². The molecule has 0 aromatic heterocycles. The van der Waals surface area contributed by atoms with E-state index in [1.54, 1.807) is 24.3 Å². The summed E-state index contributed by atoms with van der Waals surface area (Å²) in [6.07, 6.45) is 0.615. The fraction of sp³-hybridized carbons (Fsp3) is 0.250. The van der Waals surface area contributed by atoms with Gasteiger partial charge in [0.2, 0.25) is 0 Å². The highest BCUT2D eigenvalue weighted by atomic mass is 19.1. The maximum atomic E-state index is 13.8. The van der Waals surface area contributed by atoms with E-state index in [0.29, 0.717) is 18.5 Å². The van der Waals surface area contributed by atoms with Crippen molar-refractivity contribution >= 4 is 0 Å². The van der Waals surface area contributed by atoms with Crippen molar-refractivity contribution in [1.82, 2.24) is 0 Å².